The number of rotatable bonds is 6. The van der Waals surface area contributed by atoms with Crippen LogP contribution in [0, 0.1) is 0 Å². The molecule has 20 heavy (non-hydrogen) atoms. The molecule has 1 aliphatic heterocycles. The molecule has 1 saturated heterocycles. The molecule has 0 radical (unpaired) electrons. The second kappa shape index (κ2) is 6.99. The first-order valence-electron chi connectivity index (χ1n) is 6.86. The molecule has 1 fully saturated rings. The molecule has 2 rings (SSSR count). The third-order valence-corrected chi connectivity index (χ3v) is 5.25. The number of ether oxygens (including phenoxy) is 2. The maximum atomic E-state index is 12.2. The number of carbonyl (C=O) groups is 1. The van der Waals surface area contributed by atoms with Gasteiger partial charge in [0.1, 0.15) is 5.75 Å². The Morgan fingerprint density at radius 1 is 1.40 bits per heavy atom. The predicted molar refractivity (Wildman–Crippen MR) is 78.8 cm³/mol. The number of Topliss-reactive ketones (excluding diaryl/α,β-unsaturated/α-hetero) is 1. The molecule has 110 valence electrons. The van der Waals surface area contributed by atoms with Gasteiger partial charge in [-0.05, 0) is 44.5 Å². The molecule has 0 amide bonds. The first-order valence-corrected chi connectivity index (χ1v) is 8.25. The van der Waals surface area contributed by atoms with Crippen molar-refractivity contribution < 1.29 is 18.5 Å². The van der Waals surface area contributed by atoms with Crippen molar-refractivity contribution in [1.29, 1.82) is 0 Å². The lowest BCUT2D eigenvalue weighted by Gasteiger charge is -2.13. The highest BCUT2D eigenvalue weighted by atomic mass is 32.2. The van der Waals surface area contributed by atoms with E-state index in [2.05, 4.69) is 0 Å². The Morgan fingerprint density at radius 3 is 2.65 bits per heavy atom. The van der Waals surface area contributed by atoms with Crippen LogP contribution in [0.3, 0.4) is 0 Å². The summed E-state index contributed by atoms with van der Waals surface area (Å²) in [5.41, 5.74) is 0.577. The van der Waals surface area contributed by atoms with Crippen molar-refractivity contribution in [2.75, 3.05) is 19.0 Å². The number of ketones is 1. The second-order valence-electron chi connectivity index (χ2n) is 4.81. The zero-order valence-electron chi connectivity index (χ0n) is 11.8. The molecule has 4 nitrogen and oxygen atoms in total. The van der Waals surface area contributed by atoms with Crippen LogP contribution in [0.15, 0.2) is 24.3 Å². The van der Waals surface area contributed by atoms with Gasteiger partial charge in [-0.25, -0.2) is 0 Å². The van der Waals surface area contributed by atoms with E-state index in [0.29, 0.717) is 18.8 Å². The first kappa shape index (κ1) is 15.2. The Morgan fingerprint density at radius 2 is 2.10 bits per heavy atom. The fourth-order valence-electron chi connectivity index (χ4n) is 2.28. The summed E-state index contributed by atoms with van der Waals surface area (Å²) >= 11 is 0. The zero-order valence-corrected chi connectivity index (χ0v) is 12.7. The molecule has 1 aliphatic rings. The third kappa shape index (κ3) is 3.67. The van der Waals surface area contributed by atoms with Gasteiger partial charge in [-0.1, -0.05) is 0 Å². The average Bonchev–Trinajstić information content (AvgIpc) is 2.86. The van der Waals surface area contributed by atoms with E-state index in [4.69, 9.17) is 9.47 Å². The van der Waals surface area contributed by atoms with Crippen molar-refractivity contribution in [3.8, 4) is 5.75 Å². The van der Waals surface area contributed by atoms with E-state index in [0.717, 1.165) is 12.2 Å². The molecule has 1 aromatic carbocycles. The summed E-state index contributed by atoms with van der Waals surface area (Å²) < 4.78 is 22.9. The highest BCUT2D eigenvalue weighted by molar-refractivity contribution is 7.86. The van der Waals surface area contributed by atoms with E-state index >= 15 is 0 Å². The first-order chi connectivity index (χ1) is 9.61. The Balaban J connectivity index is 1.95. The molecule has 0 N–H and O–H groups in total. The van der Waals surface area contributed by atoms with E-state index < -0.39 is 10.8 Å². The monoisotopic (exact) mass is 296 g/mol. The van der Waals surface area contributed by atoms with Crippen LogP contribution >= 0.6 is 0 Å². The molecular formula is C15H20O4S. The average molecular weight is 296 g/mol. The van der Waals surface area contributed by atoms with Gasteiger partial charge in [0.25, 0.3) is 0 Å². The molecule has 3 unspecified atom stereocenters. The predicted octanol–water partition coefficient (Wildman–Crippen LogP) is 2.19. The van der Waals surface area contributed by atoms with Gasteiger partial charge in [0.05, 0.1) is 23.7 Å². The Hall–Kier alpha value is -1.20. The van der Waals surface area contributed by atoms with Crippen LogP contribution in [0.25, 0.3) is 0 Å². The van der Waals surface area contributed by atoms with Gasteiger partial charge in [-0.2, -0.15) is 0 Å². The SMILES string of the molecule is CCOc1ccc(C(=O)CS(=O)C2CCOC2C)cc1. The van der Waals surface area contributed by atoms with E-state index in [1.165, 1.54) is 0 Å². The van der Waals surface area contributed by atoms with Crippen LogP contribution in [-0.2, 0) is 15.5 Å². The molecule has 0 aromatic heterocycles. The fraction of sp³-hybridized carbons (Fsp3) is 0.533. The van der Waals surface area contributed by atoms with Crippen LogP contribution in [0.1, 0.15) is 30.6 Å². The van der Waals surface area contributed by atoms with E-state index in [-0.39, 0.29) is 22.9 Å². The minimum atomic E-state index is -1.17. The Labute approximate surface area is 121 Å². The van der Waals surface area contributed by atoms with Crippen molar-refractivity contribution in [1.82, 2.24) is 0 Å². The highest BCUT2D eigenvalue weighted by Gasteiger charge is 2.30. The molecule has 1 heterocycles. The van der Waals surface area contributed by atoms with Gasteiger partial charge in [0.2, 0.25) is 0 Å². The van der Waals surface area contributed by atoms with Gasteiger partial charge in [0.15, 0.2) is 5.78 Å². The minimum absolute atomic E-state index is 0.0241. The lowest BCUT2D eigenvalue weighted by Crippen LogP contribution is -2.27. The minimum Gasteiger partial charge on any atom is -0.494 e. The molecule has 3 atom stereocenters. The number of carbonyl (C=O) groups excluding carboxylic acids is 1. The summed E-state index contributed by atoms with van der Waals surface area (Å²) in [6.45, 7) is 5.05. The number of benzene rings is 1. The molecule has 1 aromatic rings. The molecule has 0 spiro atoms. The Kier molecular flexibility index (Phi) is 5.31. The van der Waals surface area contributed by atoms with Gasteiger partial charge in [-0.15, -0.1) is 0 Å². The van der Waals surface area contributed by atoms with E-state index in [1.807, 2.05) is 13.8 Å². The molecular weight excluding hydrogens is 276 g/mol. The summed E-state index contributed by atoms with van der Waals surface area (Å²) in [5, 5.41) is -0.0263. The quantitative estimate of drug-likeness (QED) is 0.755. The third-order valence-electron chi connectivity index (χ3n) is 3.40. The normalized spacial score (nSPS) is 23.5. The van der Waals surface area contributed by atoms with Gasteiger partial charge in [-0.3, -0.25) is 9.00 Å². The van der Waals surface area contributed by atoms with Gasteiger partial charge < -0.3 is 9.47 Å². The summed E-state index contributed by atoms with van der Waals surface area (Å²) in [6.07, 6.45) is 0.744. The van der Waals surface area contributed by atoms with Crippen LogP contribution in [-0.4, -0.2) is 40.3 Å². The summed E-state index contributed by atoms with van der Waals surface area (Å²) in [5.74, 6) is 0.709. The molecule has 0 aliphatic carbocycles. The van der Waals surface area contributed by atoms with Crippen molar-refractivity contribution in [2.24, 2.45) is 0 Å². The van der Waals surface area contributed by atoms with Crippen molar-refractivity contribution in [3.63, 3.8) is 0 Å². The van der Waals surface area contributed by atoms with Crippen molar-refractivity contribution in [3.05, 3.63) is 29.8 Å². The number of hydrogen-bond acceptors (Lipinski definition) is 4. The van der Waals surface area contributed by atoms with Crippen LogP contribution in [0.5, 0.6) is 5.75 Å². The van der Waals surface area contributed by atoms with Crippen LogP contribution in [0.2, 0.25) is 0 Å². The topological polar surface area (TPSA) is 52.6 Å². The van der Waals surface area contributed by atoms with E-state index in [9.17, 15) is 9.00 Å². The lowest BCUT2D eigenvalue weighted by atomic mass is 10.1. The van der Waals surface area contributed by atoms with Crippen LogP contribution in [0.4, 0.5) is 0 Å². The fourth-order valence-corrected chi connectivity index (χ4v) is 3.78. The summed E-state index contributed by atoms with van der Waals surface area (Å²) in [7, 11) is -1.17. The smallest absolute Gasteiger partial charge is 0.175 e. The summed E-state index contributed by atoms with van der Waals surface area (Å²) in [6, 6.07) is 6.97. The van der Waals surface area contributed by atoms with Crippen molar-refractivity contribution in [2.45, 2.75) is 31.6 Å². The van der Waals surface area contributed by atoms with Gasteiger partial charge in [0, 0.05) is 23.0 Å². The van der Waals surface area contributed by atoms with Gasteiger partial charge >= 0.3 is 0 Å². The molecule has 0 saturated carbocycles. The highest BCUT2D eigenvalue weighted by Crippen LogP contribution is 2.20. The van der Waals surface area contributed by atoms with Crippen LogP contribution < -0.4 is 4.74 Å². The molecule has 0 bridgehead atoms. The zero-order chi connectivity index (χ0) is 14.5. The number of hydrogen-bond donors (Lipinski definition) is 0. The summed E-state index contributed by atoms with van der Waals surface area (Å²) in [4.78, 5) is 12.1. The second-order valence-corrected chi connectivity index (χ2v) is 6.46. The standard InChI is InChI=1S/C15H20O4S/c1-3-18-13-6-4-12(5-7-13)14(16)10-20(17)15-8-9-19-11(15)2/h4-7,11,15H,3,8-10H2,1-2H3. The van der Waals surface area contributed by atoms with E-state index in [1.54, 1.807) is 24.3 Å². The Bertz CT molecular complexity index is 483. The lowest BCUT2D eigenvalue weighted by molar-refractivity contribution is 0.102. The maximum Gasteiger partial charge on any atom is 0.175 e. The molecule has 5 heteroatoms. The largest absolute Gasteiger partial charge is 0.494 e. The maximum absolute atomic E-state index is 12.2. The van der Waals surface area contributed by atoms with Crippen molar-refractivity contribution >= 4 is 16.6 Å².